The third-order valence-electron chi connectivity index (χ3n) is 2.05. The highest BCUT2D eigenvalue weighted by molar-refractivity contribution is 6.30. The number of hydrogen-bond acceptors (Lipinski definition) is 1. The molecule has 0 amide bonds. The highest BCUT2D eigenvalue weighted by Crippen LogP contribution is 2.36. The van der Waals surface area contributed by atoms with Gasteiger partial charge in [-0.2, -0.15) is 13.2 Å². The van der Waals surface area contributed by atoms with Crippen molar-refractivity contribution in [2.45, 2.75) is 12.1 Å². The molecule has 90 valence electrons. The molecule has 0 heterocycles. The van der Waals surface area contributed by atoms with Gasteiger partial charge in [0.05, 0.1) is 10.9 Å². The predicted octanol–water partition coefficient (Wildman–Crippen LogP) is 3.22. The van der Waals surface area contributed by atoms with E-state index >= 15 is 0 Å². The monoisotopic (exact) mass is 259 g/mol. The average Bonchev–Trinajstić information content (AvgIpc) is 2.12. The summed E-state index contributed by atoms with van der Waals surface area (Å²) in [5.41, 5.74) is 4.07. The van der Waals surface area contributed by atoms with Gasteiger partial charge in [0.1, 0.15) is 11.6 Å². The molecule has 1 nitrogen and oxygen atoms in total. The van der Waals surface area contributed by atoms with E-state index in [1.807, 2.05) is 0 Å². The van der Waals surface area contributed by atoms with E-state index < -0.39 is 40.9 Å². The molecule has 2 N–H and O–H groups in total. The molecule has 1 unspecified atom stereocenters. The Labute approximate surface area is 93.0 Å². The van der Waals surface area contributed by atoms with Gasteiger partial charge in [-0.15, -0.1) is 0 Å². The normalized spacial score (nSPS) is 13.9. The second kappa shape index (κ2) is 4.55. The van der Waals surface area contributed by atoms with E-state index in [-0.39, 0.29) is 0 Å². The number of alkyl halides is 3. The van der Waals surface area contributed by atoms with Gasteiger partial charge in [-0.25, -0.2) is 8.78 Å². The fourth-order valence-corrected chi connectivity index (χ4v) is 1.39. The van der Waals surface area contributed by atoms with Gasteiger partial charge in [0.25, 0.3) is 0 Å². The first-order valence-corrected chi connectivity index (χ1v) is 4.56. The van der Waals surface area contributed by atoms with E-state index in [4.69, 9.17) is 17.3 Å². The maximum Gasteiger partial charge on any atom is 0.397 e. The Morgan fingerprint density at radius 2 is 1.75 bits per heavy atom. The maximum atomic E-state index is 13.2. The van der Waals surface area contributed by atoms with Crippen molar-refractivity contribution in [3.8, 4) is 0 Å². The van der Waals surface area contributed by atoms with Crippen molar-refractivity contribution in [2.75, 3.05) is 6.54 Å². The number of benzene rings is 1. The van der Waals surface area contributed by atoms with Gasteiger partial charge in [-0.3, -0.25) is 0 Å². The Bertz CT molecular complexity index is 390. The summed E-state index contributed by atoms with van der Waals surface area (Å²) in [5, 5.41) is -0.570. The molecule has 0 aromatic heterocycles. The first-order chi connectivity index (χ1) is 7.27. The Kier molecular flexibility index (Phi) is 3.75. The molecular formula is C9H7ClF5N. The van der Waals surface area contributed by atoms with Crippen LogP contribution in [-0.4, -0.2) is 12.7 Å². The summed E-state index contributed by atoms with van der Waals surface area (Å²) in [7, 11) is 0. The summed E-state index contributed by atoms with van der Waals surface area (Å²) < 4.78 is 63.4. The molecule has 0 saturated carbocycles. The summed E-state index contributed by atoms with van der Waals surface area (Å²) in [5.74, 6) is -4.57. The van der Waals surface area contributed by atoms with Gasteiger partial charge in [0.2, 0.25) is 0 Å². The molecule has 0 aliphatic rings. The first kappa shape index (κ1) is 13.2. The Balaban J connectivity index is 3.26. The number of hydrogen-bond donors (Lipinski definition) is 1. The van der Waals surface area contributed by atoms with Crippen LogP contribution in [0, 0.1) is 11.6 Å². The van der Waals surface area contributed by atoms with Gasteiger partial charge in [-0.05, 0) is 12.1 Å². The molecule has 1 rings (SSSR count). The summed E-state index contributed by atoms with van der Waals surface area (Å²) in [6, 6.07) is 0.920. The van der Waals surface area contributed by atoms with Crippen LogP contribution in [0.25, 0.3) is 0 Å². The number of rotatable bonds is 2. The summed E-state index contributed by atoms with van der Waals surface area (Å²) in [4.78, 5) is 0. The first-order valence-electron chi connectivity index (χ1n) is 4.18. The quantitative estimate of drug-likeness (QED) is 0.640. The second-order valence-corrected chi connectivity index (χ2v) is 3.52. The van der Waals surface area contributed by atoms with E-state index in [1.165, 1.54) is 0 Å². The highest BCUT2D eigenvalue weighted by atomic mass is 35.5. The van der Waals surface area contributed by atoms with E-state index in [0.717, 1.165) is 0 Å². The van der Waals surface area contributed by atoms with Crippen LogP contribution in [0.15, 0.2) is 12.1 Å². The zero-order valence-electron chi connectivity index (χ0n) is 7.78. The molecular weight excluding hydrogens is 253 g/mol. The number of halogens is 6. The molecule has 0 saturated heterocycles. The van der Waals surface area contributed by atoms with E-state index in [2.05, 4.69) is 0 Å². The van der Waals surface area contributed by atoms with Crippen LogP contribution >= 0.6 is 11.6 Å². The van der Waals surface area contributed by atoms with Crippen LogP contribution in [0.3, 0.4) is 0 Å². The molecule has 0 aliphatic heterocycles. The molecule has 0 radical (unpaired) electrons. The van der Waals surface area contributed by atoms with Crippen molar-refractivity contribution in [3.63, 3.8) is 0 Å². The maximum absolute atomic E-state index is 13.2. The van der Waals surface area contributed by atoms with Gasteiger partial charge < -0.3 is 5.73 Å². The molecule has 1 aromatic carbocycles. The van der Waals surface area contributed by atoms with Gasteiger partial charge in [0, 0.05) is 12.1 Å². The smallest absolute Gasteiger partial charge is 0.330 e. The standard InChI is InChI=1S/C9H7ClF5N/c10-6-2-7(11)4(1-8(6)12)5(3-16)9(13,14)15/h1-2,5H,3,16H2. The van der Waals surface area contributed by atoms with Crippen LogP contribution in [-0.2, 0) is 0 Å². The number of nitrogens with two attached hydrogens (primary N) is 1. The molecule has 7 heteroatoms. The molecule has 0 bridgehead atoms. The Morgan fingerprint density at radius 1 is 1.19 bits per heavy atom. The molecule has 16 heavy (non-hydrogen) atoms. The van der Waals surface area contributed by atoms with Crippen LogP contribution in [0.1, 0.15) is 11.5 Å². The fraction of sp³-hybridized carbons (Fsp3) is 0.333. The van der Waals surface area contributed by atoms with Crippen LogP contribution in [0.5, 0.6) is 0 Å². The molecule has 0 spiro atoms. The Hall–Kier alpha value is -0.880. The minimum absolute atomic E-state index is 0.419. The highest BCUT2D eigenvalue weighted by Gasteiger charge is 2.41. The third kappa shape index (κ3) is 2.62. The van der Waals surface area contributed by atoms with Crippen LogP contribution < -0.4 is 5.73 Å². The van der Waals surface area contributed by atoms with Crippen LogP contribution in [0.4, 0.5) is 22.0 Å². The minimum atomic E-state index is -4.73. The predicted molar refractivity (Wildman–Crippen MR) is 49.2 cm³/mol. The van der Waals surface area contributed by atoms with Crippen molar-refractivity contribution in [1.82, 2.24) is 0 Å². The molecule has 1 aromatic rings. The lowest BCUT2D eigenvalue weighted by Gasteiger charge is -2.19. The van der Waals surface area contributed by atoms with Crippen LogP contribution in [0.2, 0.25) is 5.02 Å². The summed E-state index contributed by atoms with van der Waals surface area (Å²) >= 11 is 5.22. The lowest BCUT2D eigenvalue weighted by molar-refractivity contribution is -0.148. The van der Waals surface area contributed by atoms with E-state index in [1.54, 1.807) is 0 Å². The third-order valence-corrected chi connectivity index (χ3v) is 2.34. The molecule has 0 aliphatic carbocycles. The van der Waals surface area contributed by atoms with Crippen molar-refractivity contribution in [2.24, 2.45) is 5.73 Å². The van der Waals surface area contributed by atoms with Gasteiger partial charge >= 0.3 is 6.18 Å². The average molecular weight is 260 g/mol. The topological polar surface area (TPSA) is 26.0 Å². The van der Waals surface area contributed by atoms with E-state index in [9.17, 15) is 22.0 Å². The van der Waals surface area contributed by atoms with Gasteiger partial charge in [-0.1, -0.05) is 11.6 Å². The Morgan fingerprint density at radius 3 is 2.19 bits per heavy atom. The second-order valence-electron chi connectivity index (χ2n) is 3.12. The minimum Gasteiger partial charge on any atom is -0.330 e. The summed E-state index contributed by atoms with van der Waals surface area (Å²) in [6.45, 7) is -0.860. The fourth-order valence-electron chi connectivity index (χ4n) is 1.24. The van der Waals surface area contributed by atoms with Crippen molar-refractivity contribution in [3.05, 3.63) is 34.4 Å². The largest absolute Gasteiger partial charge is 0.397 e. The van der Waals surface area contributed by atoms with E-state index in [0.29, 0.717) is 12.1 Å². The lowest BCUT2D eigenvalue weighted by atomic mass is 9.98. The van der Waals surface area contributed by atoms with Crippen molar-refractivity contribution < 1.29 is 22.0 Å². The van der Waals surface area contributed by atoms with Crippen molar-refractivity contribution >= 4 is 11.6 Å². The zero-order chi connectivity index (χ0) is 12.5. The lowest BCUT2D eigenvalue weighted by Crippen LogP contribution is -2.29. The van der Waals surface area contributed by atoms with Gasteiger partial charge in [0.15, 0.2) is 0 Å². The molecule has 0 fully saturated rings. The zero-order valence-corrected chi connectivity index (χ0v) is 8.54. The van der Waals surface area contributed by atoms with Crippen molar-refractivity contribution in [1.29, 1.82) is 0 Å². The summed E-state index contributed by atoms with van der Waals surface area (Å²) in [6.07, 6.45) is -4.73. The molecule has 1 atom stereocenters. The SMILES string of the molecule is NCC(c1cc(F)c(Cl)cc1F)C(F)(F)F.